The van der Waals surface area contributed by atoms with Crippen molar-refractivity contribution in [2.45, 2.75) is 20.3 Å². The predicted octanol–water partition coefficient (Wildman–Crippen LogP) is 2.13. The minimum atomic E-state index is -0.587. The van der Waals surface area contributed by atoms with Gasteiger partial charge in [-0.15, -0.1) is 0 Å². The number of aromatic amines is 1. The molecule has 1 aromatic carbocycles. The van der Waals surface area contributed by atoms with Crippen molar-refractivity contribution in [1.29, 1.82) is 0 Å². The number of benzene rings is 1. The Morgan fingerprint density at radius 3 is 2.65 bits per heavy atom. The Morgan fingerprint density at radius 2 is 2.00 bits per heavy atom. The number of carbonyl (C=O) groups is 2. The highest BCUT2D eigenvalue weighted by molar-refractivity contribution is 5.92. The topological polar surface area (TPSA) is 88.2 Å². The maximum Gasteiger partial charge on any atom is 0.314 e. The van der Waals surface area contributed by atoms with Crippen LogP contribution in [-0.2, 0) is 9.53 Å². The number of esters is 1. The third kappa shape index (κ3) is 2.34. The van der Waals surface area contributed by atoms with E-state index in [1.165, 1.54) is 7.11 Å². The molecule has 0 unspecified atom stereocenters. The van der Waals surface area contributed by atoms with E-state index in [4.69, 9.17) is 4.74 Å². The van der Waals surface area contributed by atoms with Crippen LogP contribution in [0.5, 0.6) is 0 Å². The van der Waals surface area contributed by atoms with Gasteiger partial charge >= 0.3 is 5.97 Å². The molecule has 26 heavy (non-hydrogen) atoms. The minimum absolute atomic E-state index is 0.0137. The number of rotatable bonds is 3. The molecule has 0 radical (unpaired) electrons. The van der Waals surface area contributed by atoms with Crippen molar-refractivity contribution in [3.63, 3.8) is 0 Å². The molecule has 0 spiro atoms. The zero-order chi connectivity index (χ0) is 18.5. The molecule has 2 atom stereocenters. The van der Waals surface area contributed by atoms with Gasteiger partial charge in [-0.25, -0.2) is 4.98 Å². The van der Waals surface area contributed by atoms with Gasteiger partial charge < -0.3 is 9.64 Å². The van der Waals surface area contributed by atoms with Crippen molar-refractivity contribution in [1.82, 2.24) is 20.1 Å². The van der Waals surface area contributed by atoms with Gasteiger partial charge in [0.15, 0.2) is 5.82 Å². The third-order valence-electron chi connectivity index (χ3n) is 5.86. The first-order chi connectivity index (χ1) is 12.4. The Morgan fingerprint density at radius 1 is 1.27 bits per heavy atom. The highest BCUT2D eigenvalue weighted by Gasteiger charge is 2.68. The number of likely N-dealkylation sites (tertiary alicyclic amines) is 1. The molecular formula is C19H22N4O3. The Balaban J connectivity index is 1.57. The SMILES string of the molecule is COC(=O)[C@@]12CN(C(=O)c3nc(-c4ccccc4)n[nH]3)C[C@@H]1C(C)(C)C2. The number of H-pyrrole nitrogens is 1. The minimum Gasteiger partial charge on any atom is -0.469 e. The Labute approximate surface area is 151 Å². The first kappa shape index (κ1) is 16.8. The maximum absolute atomic E-state index is 12.9. The molecule has 7 heteroatoms. The van der Waals surface area contributed by atoms with E-state index in [9.17, 15) is 9.59 Å². The number of amides is 1. The van der Waals surface area contributed by atoms with Gasteiger partial charge in [-0.3, -0.25) is 14.7 Å². The average molecular weight is 354 g/mol. The van der Waals surface area contributed by atoms with E-state index < -0.39 is 5.41 Å². The van der Waals surface area contributed by atoms with Gasteiger partial charge in [0.1, 0.15) is 0 Å². The van der Waals surface area contributed by atoms with E-state index in [-0.39, 0.29) is 29.0 Å². The number of fused-ring (bicyclic) bond motifs is 1. The van der Waals surface area contributed by atoms with Crippen molar-refractivity contribution >= 4 is 11.9 Å². The summed E-state index contributed by atoms with van der Waals surface area (Å²) in [6.07, 6.45) is 0.729. The van der Waals surface area contributed by atoms with E-state index in [1.54, 1.807) is 4.90 Å². The number of hydrogen-bond acceptors (Lipinski definition) is 5. The van der Waals surface area contributed by atoms with Crippen LogP contribution in [0.2, 0.25) is 0 Å². The first-order valence-electron chi connectivity index (χ1n) is 8.73. The summed E-state index contributed by atoms with van der Waals surface area (Å²) in [6, 6.07) is 9.49. The van der Waals surface area contributed by atoms with Crippen LogP contribution in [0, 0.1) is 16.7 Å². The zero-order valence-corrected chi connectivity index (χ0v) is 15.2. The lowest BCUT2D eigenvalue weighted by atomic mass is 9.48. The van der Waals surface area contributed by atoms with Gasteiger partial charge in [0.05, 0.1) is 12.5 Å². The highest BCUT2D eigenvalue weighted by Crippen LogP contribution is 2.63. The zero-order valence-electron chi connectivity index (χ0n) is 15.2. The van der Waals surface area contributed by atoms with E-state index >= 15 is 0 Å². The van der Waals surface area contributed by atoms with E-state index in [0.29, 0.717) is 18.9 Å². The quantitative estimate of drug-likeness (QED) is 0.853. The molecule has 2 aliphatic rings. The number of hydrogen-bond donors (Lipinski definition) is 1. The van der Waals surface area contributed by atoms with Gasteiger partial charge in [0, 0.05) is 18.7 Å². The van der Waals surface area contributed by atoms with Crippen LogP contribution in [-0.4, -0.2) is 52.2 Å². The fraction of sp³-hybridized carbons (Fsp3) is 0.474. The smallest absolute Gasteiger partial charge is 0.314 e. The second-order valence-corrected chi connectivity index (χ2v) is 7.92. The van der Waals surface area contributed by atoms with Crippen molar-refractivity contribution in [3.8, 4) is 11.4 Å². The molecule has 1 saturated carbocycles. The molecular weight excluding hydrogens is 332 g/mol. The lowest BCUT2D eigenvalue weighted by Gasteiger charge is -2.54. The molecule has 1 amide bonds. The molecule has 1 saturated heterocycles. The second kappa shape index (κ2) is 5.65. The largest absolute Gasteiger partial charge is 0.469 e. The first-order valence-corrected chi connectivity index (χ1v) is 8.73. The van der Waals surface area contributed by atoms with Crippen LogP contribution < -0.4 is 0 Å². The molecule has 2 fully saturated rings. The summed E-state index contributed by atoms with van der Waals surface area (Å²) in [4.78, 5) is 31.3. The van der Waals surface area contributed by atoms with Crippen molar-refractivity contribution < 1.29 is 14.3 Å². The molecule has 4 rings (SSSR count). The summed E-state index contributed by atoms with van der Waals surface area (Å²) in [6.45, 7) is 5.17. The molecule has 1 aliphatic carbocycles. The number of methoxy groups -OCH3 is 1. The molecule has 136 valence electrons. The summed E-state index contributed by atoms with van der Waals surface area (Å²) >= 11 is 0. The van der Waals surface area contributed by atoms with Crippen LogP contribution in [0.15, 0.2) is 30.3 Å². The lowest BCUT2D eigenvalue weighted by molar-refractivity contribution is -0.174. The number of ether oxygens (including phenoxy) is 1. The second-order valence-electron chi connectivity index (χ2n) is 7.92. The van der Waals surface area contributed by atoms with E-state index in [0.717, 1.165) is 12.0 Å². The van der Waals surface area contributed by atoms with Gasteiger partial charge in [-0.05, 0) is 17.8 Å². The number of nitrogens with zero attached hydrogens (tertiary/aromatic N) is 3. The summed E-state index contributed by atoms with van der Waals surface area (Å²) in [5, 5.41) is 6.89. The normalized spacial score (nSPS) is 26.1. The van der Waals surface area contributed by atoms with Gasteiger partial charge in [0.2, 0.25) is 5.82 Å². The summed E-state index contributed by atoms with van der Waals surface area (Å²) < 4.78 is 5.04. The Bertz CT molecular complexity index is 861. The van der Waals surface area contributed by atoms with Crippen LogP contribution in [0.3, 0.4) is 0 Å². The van der Waals surface area contributed by atoms with Crippen molar-refractivity contribution in [2.75, 3.05) is 20.2 Å². The van der Waals surface area contributed by atoms with Crippen molar-refractivity contribution in [3.05, 3.63) is 36.2 Å². The monoisotopic (exact) mass is 354 g/mol. The summed E-state index contributed by atoms with van der Waals surface area (Å²) in [5.74, 6) is 0.331. The van der Waals surface area contributed by atoms with Gasteiger partial charge in [-0.1, -0.05) is 44.2 Å². The van der Waals surface area contributed by atoms with Crippen LogP contribution in [0.1, 0.15) is 30.9 Å². The number of carbonyl (C=O) groups excluding carboxylic acids is 2. The summed E-state index contributed by atoms with van der Waals surface area (Å²) in [5.41, 5.74) is 0.271. The average Bonchev–Trinajstić information content (AvgIpc) is 3.25. The van der Waals surface area contributed by atoms with Crippen LogP contribution in [0.4, 0.5) is 0 Å². The Hall–Kier alpha value is -2.70. The highest BCUT2D eigenvalue weighted by atomic mass is 16.5. The van der Waals surface area contributed by atoms with Gasteiger partial charge in [0.25, 0.3) is 5.91 Å². The van der Waals surface area contributed by atoms with E-state index in [2.05, 4.69) is 29.0 Å². The van der Waals surface area contributed by atoms with Crippen LogP contribution >= 0.6 is 0 Å². The molecule has 1 aliphatic heterocycles. The van der Waals surface area contributed by atoms with Crippen molar-refractivity contribution in [2.24, 2.45) is 16.7 Å². The van der Waals surface area contributed by atoms with E-state index in [1.807, 2.05) is 30.3 Å². The number of nitrogens with one attached hydrogen (secondary N) is 1. The maximum atomic E-state index is 12.9. The van der Waals surface area contributed by atoms with Crippen LogP contribution in [0.25, 0.3) is 11.4 Å². The molecule has 2 aromatic rings. The molecule has 1 N–H and O–H groups in total. The lowest BCUT2D eigenvalue weighted by Crippen LogP contribution is -2.57. The third-order valence-corrected chi connectivity index (χ3v) is 5.86. The van der Waals surface area contributed by atoms with Gasteiger partial charge in [-0.2, -0.15) is 5.10 Å². The molecule has 1 aromatic heterocycles. The molecule has 0 bridgehead atoms. The fourth-order valence-corrected chi connectivity index (χ4v) is 4.75. The molecule has 2 heterocycles. The fourth-order valence-electron chi connectivity index (χ4n) is 4.75. The predicted molar refractivity (Wildman–Crippen MR) is 94.1 cm³/mol. The number of aromatic nitrogens is 3. The summed E-state index contributed by atoms with van der Waals surface area (Å²) in [7, 11) is 1.41. The Kier molecular flexibility index (Phi) is 3.64. The standard InChI is InChI=1S/C19H22N4O3/c1-18(2)10-19(17(25)26-3)11-23(9-13(18)19)16(24)15-20-14(21-22-15)12-7-5-4-6-8-12/h4-8,13H,9-11H2,1-3H3,(H,20,21,22)/t13-,19+/m1/s1. The molecule has 7 nitrogen and oxygen atoms in total.